The number of hydrogen-bond acceptors (Lipinski definition) is 3. The number of halogens is 1. The molecule has 0 bridgehead atoms. The Kier molecular flexibility index (Phi) is 5.41. The average Bonchev–Trinajstić information content (AvgIpc) is 2.33. The molecular weight excluding hydrogens is 262 g/mol. The van der Waals surface area contributed by atoms with E-state index in [4.69, 9.17) is 11.6 Å². The van der Waals surface area contributed by atoms with E-state index >= 15 is 0 Å². The van der Waals surface area contributed by atoms with Crippen LogP contribution in [0.25, 0.3) is 0 Å². The Morgan fingerprint density at radius 1 is 1.47 bits per heavy atom. The summed E-state index contributed by atoms with van der Waals surface area (Å²) in [6.45, 7) is 11.2. The molecule has 0 aliphatic carbocycles. The SMILES string of the molecule is CCCCn1ncc(NC(C)C(C)(C)C)c(Cl)c1=O. The summed E-state index contributed by atoms with van der Waals surface area (Å²) in [6.07, 6.45) is 3.59. The first kappa shape index (κ1) is 16.0. The number of unbranched alkanes of at least 4 members (excludes halogenated alkanes) is 1. The highest BCUT2D eigenvalue weighted by molar-refractivity contribution is 6.32. The lowest BCUT2D eigenvalue weighted by molar-refractivity contribution is 0.359. The molecule has 1 rings (SSSR count). The predicted octanol–water partition coefficient (Wildman–Crippen LogP) is 3.54. The summed E-state index contributed by atoms with van der Waals surface area (Å²) in [5.41, 5.74) is 0.475. The molecule has 0 aliphatic rings. The molecule has 5 heteroatoms. The summed E-state index contributed by atoms with van der Waals surface area (Å²) < 4.78 is 1.43. The zero-order valence-corrected chi connectivity index (χ0v) is 13.2. The molecule has 1 aromatic rings. The summed E-state index contributed by atoms with van der Waals surface area (Å²) in [5.74, 6) is 0. The Hall–Kier alpha value is -1.03. The van der Waals surface area contributed by atoms with Gasteiger partial charge in [0, 0.05) is 12.6 Å². The van der Waals surface area contributed by atoms with Gasteiger partial charge in [-0.15, -0.1) is 0 Å². The smallest absolute Gasteiger partial charge is 0.287 e. The summed E-state index contributed by atoms with van der Waals surface area (Å²) in [6, 6.07) is 0.192. The van der Waals surface area contributed by atoms with Crippen molar-refractivity contribution < 1.29 is 0 Å². The Morgan fingerprint density at radius 3 is 2.63 bits per heavy atom. The van der Waals surface area contributed by atoms with Crippen LogP contribution in [0.4, 0.5) is 5.69 Å². The molecule has 0 fully saturated rings. The van der Waals surface area contributed by atoms with Gasteiger partial charge in [0.15, 0.2) is 0 Å². The van der Waals surface area contributed by atoms with E-state index in [1.54, 1.807) is 6.20 Å². The van der Waals surface area contributed by atoms with Gasteiger partial charge in [0.05, 0.1) is 11.9 Å². The lowest BCUT2D eigenvalue weighted by Gasteiger charge is -2.29. The molecule has 4 nitrogen and oxygen atoms in total. The fraction of sp³-hybridized carbons (Fsp3) is 0.714. The molecule has 1 N–H and O–H groups in total. The van der Waals surface area contributed by atoms with Crippen LogP contribution < -0.4 is 10.9 Å². The van der Waals surface area contributed by atoms with Gasteiger partial charge in [-0.2, -0.15) is 5.10 Å². The second kappa shape index (κ2) is 6.42. The maximum atomic E-state index is 12.1. The zero-order valence-electron chi connectivity index (χ0n) is 12.5. The molecule has 0 aromatic carbocycles. The first-order valence-corrected chi connectivity index (χ1v) is 7.17. The number of hydrogen-bond donors (Lipinski definition) is 1. The molecular formula is C14H24ClN3O. The maximum absolute atomic E-state index is 12.1. The van der Waals surface area contributed by atoms with Crippen molar-refractivity contribution in [3.63, 3.8) is 0 Å². The van der Waals surface area contributed by atoms with Crippen LogP contribution in [-0.4, -0.2) is 15.8 Å². The first-order chi connectivity index (χ1) is 8.77. The van der Waals surface area contributed by atoms with Gasteiger partial charge in [-0.3, -0.25) is 4.79 Å². The van der Waals surface area contributed by atoms with Gasteiger partial charge >= 0.3 is 0 Å². The van der Waals surface area contributed by atoms with Crippen molar-refractivity contribution >= 4 is 17.3 Å². The summed E-state index contributed by atoms with van der Waals surface area (Å²) >= 11 is 6.14. The molecule has 0 saturated heterocycles. The highest BCUT2D eigenvalue weighted by atomic mass is 35.5. The monoisotopic (exact) mass is 285 g/mol. The maximum Gasteiger partial charge on any atom is 0.287 e. The molecule has 1 unspecified atom stereocenters. The second-order valence-electron chi connectivity index (χ2n) is 5.99. The topological polar surface area (TPSA) is 46.9 Å². The van der Waals surface area contributed by atoms with Gasteiger partial charge < -0.3 is 5.32 Å². The van der Waals surface area contributed by atoms with Crippen LogP contribution in [0.15, 0.2) is 11.0 Å². The normalized spacial score (nSPS) is 13.4. The van der Waals surface area contributed by atoms with E-state index in [0.29, 0.717) is 12.2 Å². The van der Waals surface area contributed by atoms with E-state index in [-0.39, 0.29) is 22.0 Å². The lowest BCUT2D eigenvalue weighted by Crippen LogP contribution is -2.32. The Labute approximate surface area is 120 Å². The second-order valence-corrected chi connectivity index (χ2v) is 6.36. The van der Waals surface area contributed by atoms with Gasteiger partial charge in [-0.05, 0) is 18.8 Å². The Morgan fingerprint density at radius 2 is 2.11 bits per heavy atom. The van der Waals surface area contributed by atoms with Crippen molar-refractivity contribution in [2.24, 2.45) is 5.41 Å². The minimum absolute atomic E-state index is 0.0837. The third kappa shape index (κ3) is 4.23. The number of aryl methyl sites for hydroxylation is 1. The number of aromatic nitrogens is 2. The van der Waals surface area contributed by atoms with E-state index < -0.39 is 0 Å². The summed E-state index contributed by atoms with van der Waals surface area (Å²) in [7, 11) is 0. The quantitative estimate of drug-likeness (QED) is 0.900. The third-order valence-electron chi connectivity index (χ3n) is 3.38. The van der Waals surface area contributed by atoms with Crippen molar-refractivity contribution in [2.75, 3.05) is 5.32 Å². The molecule has 1 heterocycles. The summed E-state index contributed by atoms with van der Waals surface area (Å²) in [5, 5.41) is 7.66. The van der Waals surface area contributed by atoms with E-state index in [2.05, 4.69) is 45.0 Å². The van der Waals surface area contributed by atoms with Crippen molar-refractivity contribution in [1.82, 2.24) is 9.78 Å². The van der Waals surface area contributed by atoms with E-state index in [1.807, 2.05) is 0 Å². The minimum Gasteiger partial charge on any atom is -0.379 e. The van der Waals surface area contributed by atoms with Crippen LogP contribution >= 0.6 is 11.6 Å². The van der Waals surface area contributed by atoms with Gasteiger partial charge in [0.1, 0.15) is 5.02 Å². The fourth-order valence-electron chi connectivity index (χ4n) is 1.48. The highest BCUT2D eigenvalue weighted by Gasteiger charge is 2.21. The average molecular weight is 286 g/mol. The predicted molar refractivity (Wildman–Crippen MR) is 81.0 cm³/mol. The van der Waals surface area contributed by atoms with Gasteiger partial charge in [0.25, 0.3) is 5.56 Å². The molecule has 19 heavy (non-hydrogen) atoms. The third-order valence-corrected chi connectivity index (χ3v) is 3.74. The number of nitrogens with zero attached hydrogens (tertiary/aromatic N) is 2. The van der Waals surface area contributed by atoms with E-state index in [9.17, 15) is 4.79 Å². The van der Waals surface area contributed by atoms with Crippen molar-refractivity contribution in [3.05, 3.63) is 21.6 Å². The number of anilines is 1. The van der Waals surface area contributed by atoms with Crippen LogP contribution in [0.5, 0.6) is 0 Å². The standard InChI is InChI=1S/C14H24ClN3O/c1-6-7-8-18-13(19)12(15)11(9-16-18)17-10(2)14(3,4)5/h9-10,17H,6-8H2,1-5H3. The van der Waals surface area contributed by atoms with Crippen LogP contribution in [0, 0.1) is 5.41 Å². The van der Waals surface area contributed by atoms with E-state index in [0.717, 1.165) is 12.8 Å². The number of nitrogens with one attached hydrogen (secondary N) is 1. The van der Waals surface area contributed by atoms with Crippen LogP contribution in [0.3, 0.4) is 0 Å². The largest absolute Gasteiger partial charge is 0.379 e. The zero-order chi connectivity index (χ0) is 14.6. The Bertz CT molecular complexity index is 477. The molecule has 0 spiro atoms. The highest BCUT2D eigenvalue weighted by Crippen LogP contribution is 2.24. The van der Waals surface area contributed by atoms with Gasteiger partial charge in [-0.1, -0.05) is 45.7 Å². The van der Waals surface area contributed by atoms with Crippen LogP contribution in [0.2, 0.25) is 5.02 Å². The van der Waals surface area contributed by atoms with Crippen molar-refractivity contribution in [3.8, 4) is 0 Å². The molecule has 1 atom stereocenters. The van der Waals surface area contributed by atoms with E-state index in [1.165, 1.54) is 4.68 Å². The van der Waals surface area contributed by atoms with Gasteiger partial charge in [0.2, 0.25) is 0 Å². The molecule has 0 amide bonds. The lowest BCUT2D eigenvalue weighted by atomic mass is 9.88. The molecule has 108 valence electrons. The molecule has 0 saturated carbocycles. The Balaban J connectivity index is 2.94. The first-order valence-electron chi connectivity index (χ1n) is 6.79. The van der Waals surface area contributed by atoms with Crippen LogP contribution in [-0.2, 0) is 6.54 Å². The molecule has 0 aliphatic heterocycles. The minimum atomic E-state index is -0.221. The number of rotatable bonds is 5. The summed E-state index contributed by atoms with van der Waals surface area (Å²) in [4.78, 5) is 12.1. The molecule has 1 aromatic heterocycles. The fourth-order valence-corrected chi connectivity index (χ4v) is 1.68. The molecule has 0 radical (unpaired) electrons. The van der Waals surface area contributed by atoms with Gasteiger partial charge in [-0.25, -0.2) is 4.68 Å². The van der Waals surface area contributed by atoms with Crippen LogP contribution in [0.1, 0.15) is 47.5 Å². The van der Waals surface area contributed by atoms with Crippen molar-refractivity contribution in [2.45, 2.75) is 60.0 Å². The van der Waals surface area contributed by atoms with Crippen molar-refractivity contribution in [1.29, 1.82) is 0 Å².